The number of hydrogen-bond acceptors (Lipinski definition) is 2. The van der Waals surface area contributed by atoms with Gasteiger partial charge in [0.15, 0.2) is 0 Å². The van der Waals surface area contributed by atoms with E-state index in [1.807, 2.05) is 24.3 Å². The predicted octanol–water partition coefficient (Wildman–Crippen LogP) is 3.67. The van der Waals surface area contributed by atoms with E-state index in [-0.39, 0.29) is 17.7 Å². The molecular formula is C15H13Br2NO3. The molecule has 1 aromatic rings. The van der Waals surface area contributed by atoms with Gasteiger partial charge in [0.1, 0.15) is 0 Å². The summed E-state index contributed by atoms with van der Waals surface area (Å²) in [6.07, 6.45) is 4.67. The van der Waals surface area contributed by atoms with E-state index in [9.17, 15) is 14.7 Å². The molecule has 0 unspecified atom stereocenters. The highest BCUT2D eigenvalue weighted by Gasteiger charge is 2.51. The van der Waals surface area contributed by atoms with Crippen LogP contribution in [-0.4, -0.2) is 17.0 Å². The molecule has 0 saturated heterocycles. The molecule has 1 aromatic carbocycles. The summed E-state index contributed by atoms with van der Waals surface area (Å²) in [5.41, 5.74) is 0.652. The maximum absolute atomic E-state index is 12.5. The standard InChI is InChI=1S/C15H13Br2NO3/c16-9-3-4-11(10(17)6-9)18-14(19)12-7-1-2-8(5-7)13(12)15(20)21/h1-4,6-8,12-13H,5H2,(H,18,19)(H,20,21)/t7-,8+,12-,13+/m0/s1. The van der Waals surface area contributed by atoms with E-state index in [1.165, 1.54) is 0 Å². The second-order valence-electron chi connectivity index (χ2n) is 5.45. The molecule has 2 N–H and O–H groups in total. The number of carbonyl (C=O) groups excluding carboxylic acids is 1. The summed E-state index contributed by atoms with van der Waals surface area (Å²) in [5.74, 6) is -2.20. The second-order valence-corrected chi connectivity index (χ2v) is 7.22. The van der Waals surface area contributed by atoms with Crippen LogP contribution in [0.15, 0.2) is 39.3 Å². The van der Waals surface area contributed by atoms with Crippen LogP contribution in [0, 0.1) is 23.7 Å². The topological polar surface area (TPSA) is 66.4 Å². The maximum atomic E-state index is 12.5. The molecule has 4 nitrogen and oxygen atoms in total. The van der Waals surface area contributed by atoms with Crippen LogP contribution in [0.25, 0.3) is 0 Å². The van der Waals surface area contributed by atoms with Gasteiger partial charge >= 0.3 is 5.97 Å². The van der Waals surface area contributed by atoms with E-state index >= 15 is 0 Å². The second kappa shape index (κ2) is 5.57. The Labute approximate surface area is 138 Å². The van der Waals surface area contributed by atoms with Crippen LogP contribution >= 0.6 is 31.9 Å². The van der Waals surface area contributed by atoms with Crippen LogP contribution in [0.3, 0.4) is 0 Å². The number of benzene rings is 1. The minimum Gasteiger partial charge on any atom is -0.481 e. The first-order chi connectivity index (χ1) is 9.97. The van der Waals surface area contributed by atoms with E-state index in [0.29, 0.717) is 5.69 Å². The normalized spacial score (nSPS) is 29.6. The Kier molecular flexibility index (Phi) is 3.92. The summed E-state index contributed by atoms with van der Waals surface area (Å²) in [6.45, 7) is 0. The lowest BCUT2D eigenvalue weighted by Crippen LogP contribution is -2.36. The number of allylic oxidation sites excluding steroid dienone is 2. The molecule has 110 valence electrons. The van der Waals surface area contributed by atoms with Gasteiger partial charge in [-0.3, -0.25) is 9.59 Å². The summed E-state index contributed by atoms with van der Waals surface area (Å²) in [4.78, 5) is 24.0. The Morgan fingerprint density at radius 1 is 1.14 bits per heavy atom. The van der Waals surface area contributed by atoms with E-state index in [2.05, 4.69) is 37.2 Å². The van der Waals surface area contributed by atoms with Gasteiger partial charge in [0.05, 0.1) is 17.5 Å². The summed E-state index contributed by atoms with van der Waals surface area (Å²) in [7, 11) is 0. The molecule has 1 amide bonds. The number of halogens is 2. The summed E-state index contributed by atoms with van der Waals surface area (Å²) in [5, 5.41) is 12.2. The molecule has 1 fully saturated rings. The van der Waals surface area contributed by atoms with Crippen molar-refractivity contribution in [1.82, 2.24) is 0 Å². The Balaban J connectivity index is 1.82. The lowest BCUT2D eigenvalue weighted by Gasteiger charge is -2.24. The van der Waals surface area contributed by atoms with Crippen LogP contribution in [-0.2, 0) is 9.59 Å². The van der Waals surface area contributed by atoms with Gasteiger partial charge < -0.3 is 10.4 Å². The van der Waals surface area contributed by atoms with Crippen molar-refractivity contribution in [3.05, 3.63) is 39.3 Å². The van der Waals surface area contributed by atoms with Crippen molar-refractivity contribution in [1.29, 1.82) is 0 Å². The number of amides is 1. The Morgan fingerprint density at radius 2 is 1.81 bits per heavy atom. The average molecular weight is 415 g/mol. The molecule has 2 bridgehead atoms. The first-order valence-corrected chi connectivity index (χ1v) is 8.23. The molecule has 0 spiro atoms. The zero-order chi connectivity index (χ0) is 15.1. The number of hydrogen-bond donors (Lipinski definition) is 2. The summed E-state index contributed by atoms with van der Waals surface area (Å²) < 4.78 is 1.66. The van der Waals surface area contributed by atoms with Crippen LogP contribution in [0.5, 0.6) is 0 Å². The van der Waals surface area contributed by atoms with Crippen molar-refractivity contribution in [3.8, 4) is 0 Å². The number of rotatable bonds is 3. The van der Waals surface area contributed by atoms with Gasteiger partial charge in [0.25, 0.3) is 0 Å². The molecule has 2 aliphatic carbocycles. The van der Waals surface area contributed by atoms with Gasteiger partial charge in [-0.25, -0.2) is 0 Å². The van der Waals surface area contributed by atoms with Gasteiger partial charge in [-0.2, -0.15) is 0 Å². The van der Waals surface area contributed by atoms with Crippen molar-refractivity contribution >= 4 is 49.4 Å². The molecule has 6 heteroatoms. The Morgan fingerprint density at radius 3 is 2.43 bits per heavy atom. The first kappa shape index (κ1) is 14.8. The lowest BCUT2D eigenvalue weighted by atomic mass is 9.82. The van der Waals surface area contributed by atoms with E-state index in [4.69, 9.17) is 0 Å². The van der Waals surface area contributed by atoms with Gasteiger partial charge in [0.2, 0.25) is 5.91 Å². The van der Waals surface area contributed by atoms with Crippen LogP contribution < -0.4 is 5.32 Å². The molecule has 0 heterocycles. The molecule has 3 rings (SSSR count). The van der Waals surface area contributed by atoms with Gasteiger partial charge in [0, 0.05) is 8.95 Å². The van der Waals surface area contributed by atoms with Crippen molar-refractivity contribution < 1.29 is 14.7 Å². The molecule has 4 atom stereocenters. The highest BCUT2D eigenvalue weighted by Crippen LogP contribution is 2.48. The molecule has 0 aromatic heterocycles. The minimum absolute atomic E-state index is 0.0170. The highest BCUT2D eigenvalue weighted by atomic mass is 79.9. The minimum atomic E-state index is -0.887. The third-order valence-corrected chi connectivity index (χ3v) is 5.39. The Bertz CT molecular complexity index is 644. The third kappa shape index (κ3) is 2.66. The number of fused-ring (bicyclic) bond motifs is 2. The summed E-state index contributed by atoms with van der Waals surface area (Å²) in [6, 6.07) is 5.45. The third-order valence-electron chi connectivity index (χ3n) is 4.24. The fourth-order valence-corrected chi connectivity index (χ4v) is 4.47. The van der Waals surface area contributed by atoms with Crippen LogP contribution in [0.4, 0.5) is 5.69 Å². The van der Waals surface area contributed by atoms with Crippen LogP contribution in [0.1, 0.15) is 6.42 Å². The van der Waals surface area contributed by atoms with Gasteiger partial charge in [-0.15, -0.1) is 0 Å². The van der Waals surface area contributed by atoms with E-state index in [0.717, 1.165) is 15.4 Å². The number of nitrogens with one attached hydrogen (secondary N) is 1. The number of anilines is 1. The fraction of sp³-hybridized carbons (Fsp3) is 0.333. The van der Waals surface area contributed by atoms with Crippen LogP contribution in [0.2, 0.25) is 0 Å². The molecule has 0 aliphatic heterocycles. The predicted molar refractivity (Wildman–Crippen MR) is 85.8 cm³/mol. The average Bonchev–Trinajstić information content (AvgIpc) is 3.02. The SMILES string of the molecule is O=C(Nc1ccc(Br)cc1Br)[C@@H]1[C@H](C(=O)O)[C@@H]2C=C[C@H]1C2. The van der Waals surface area contributed by atoms with Crippen molar-refractivity contribution in [2.24, 2.45) is 23.7 Å². The number of carbonyl (C=O) groups is 2. The lowest BCUT2D eigenvalue weighted by molar-refractivity contribution is -0.146. The largest absolute Gasteiger partial charge is 0.481 e. The van der Waals surface area contributed by atoms with Gasteiger partial charge in [-0.05, 0) is 52.4 Å². The summed E-state index contributed by atoms with van der Waals surface area (Å²) >= 11 is 6.75. The van der Waals surface area contributed by atoms with Gasteiger partial charge in [-0.1, -0.05) is 28.1 Å². The number of carboxylic acid groups (broad SMARTS) is 1. The van der Waals surface area contributed by atoms with Crippen molar-refractivity contribution in [3.63, 3.8) is 0 Å². The first-order valence-electron chi connectivity index (χ1n) is 6.64. The fourth-order valence-electron chi connectivity index (χ4n) is 3.32. The molecular weight excluding hydrogens is 402 g/mol. The Hall–Kier alpha value is -1.14. The smallest absolute Gasteiger partial charge is 0.307 e. The molecule has 21 heavy (non-hydrogen) atoms. The van der Waals surface area contributed by atoms with E-state index < -0.39 is 17.8 Å². The zero-order valence-corrected chi connectivity index (χ0v) is 14.1. The quantitative estimate of drug-likeness (QED) is 0.741. The molecule has 2 aliphatic rings. The molecule has 1 saturated carbocycles. The number of carboxylic acids is 1. The maximum Gasteiger partial charge on any atom is 0.307 e. The monoisotopic (exact) mass is 413 g/mol. The van der Waals surface area contributed by atoms with E-state index in [1.54, 1.807) is 6.07 Å². The zero-order valence-electron chi connectivity index (χ0n) is 10.9. The van der Waals surface area contributed by atoms with Crippen molar-refractivity contribution in [2.45, 2.75) is 6.42 Å². The number of aliphatic carboxylic acids is 1. The highest BCUT2D eigenvalue weighted by molar-refractivity contribution is 9.11. The molecule has 0 radical (unpaired) electrons. The van der Waals surface area contributed by atoms with Crippen molar-refractivity contribution in [2.75, 3.05) is 5.32 Å².